The van der Waals surface area contributed by atoms with Crippen LogP contribution >= 0.6 is 0 Å². The molecule has 1 aromatic carbocycles. The Kier molecular flexibility index (Phi) is 3.86. The molecule has 21 heavy (non-hydrogen) atoms. The number of hydrogen-bond donors (Lipinski definition) is 1. The number of rotatable bonds is 5. The second-order valence-corrected chi connectivity index (χ2v) is 5.55. The molecule has 2 N–H and O–H groups in total. The first kappa shape index (κ1) is 14.9. The summed E-state index contributed by atoms with van der Waals surface area (Å²) in [6.45, 7) is 1.29. The van der Waals surface area contributed by atoms with Crippen molar-refractivity contribution < 1.29 is 22.6 Å². The van der Waals surface area contributed by atoms with Crippen LogP contribution in [0.5, 0.6) is 5.75 Å². The monoisotopic (exact) mass is 314 g/mol. The van der Waals surface area contributed by atoms with Crippen LogP contribution in [0.15, 0.2) is 27.9 Å². The molecule has 0 aliphatic heterocycles. The van der Waals surface area contributed by atoms with Gasteiger partial charge in [-0.05, 0) is 18.6 Å². The van der Waals surface area contributed by atoms with E-state index in [2.05, 4.69) is 14.7 Å². The summed E-state index contributed by atoms with van der Waals surface area (Å²) in [5.74, 6) is 0.0761. The summed E-state index contributed by atoms with van der Waals surface area (Å²) >= 11 is 0. The van der Waals surface area contributed by atoms with Gasteiger partial charge in [-0.2, -0.15) is 4.98 Å². The van der Waals surface area contributed by atoms with Gasteiger partial charge >= 0.3 is 5.69 Å². The Bertz CT molecular complexity index is 771. The predicted molar refractivity (Wildman–Crippen MR) is 67.8 cm³/mol. The normalized spacial score (nSPS) is 11.3. The molecule has 2 aromatic rings. The molecule has 0 spiro atoms. The second kappa shape index (κ2) is 5.46. The predicted octanol–water partition coefficient (Wildman–Crippen LogP) is 0.513. The number of nitro groups is 1. The number of aromatic nitrogens is 2. The van der Waals surface area contributed by atoms with Crippen molar-refractivity contribution >= 4 is 15.7 Å². The molecule has 1 heterocycles. The van der Waals surface area contributed by atoms with Crippen LogP contribution in [0.3, 0.4) is 0 Å². The number of benzene rings is 1. The Balaban J connectivity index is 2.41. The van der Waals surface area contributed by atoms with Crippen LogP contribution in [0, 0.1) is 17.0 Å². The molecule has 0 saturated carbocycles. The highest BCUT2D eigenvalue weighted by molar-refractivity contribution is 7.89. The molecule has 2 rings (SSSR count). The summed E-state index contributed by atoms with van der Waals surface area (Å²) in [6, 6.07) is 2.08. The van der Waals surface area contributed by atoms with Crippen LogP contribution in [-0.2, 0) is 16.6 Å². The van der Waals surface area contributed by atoms with Gasteiger partial charge < -0.3 is 9.26 Å². The highest BCUT2D eigenvalue weighted by Crippen LogP contribution is 2.32. The number of hydrogen-bond acceptors (Lipinski definition) is 8. The van der Waals surface area contributed by atoms with E-state index < -0.39 is 20.6 Å². The number of ether oxygens (including phenoxy) is 1. The molecular weight excluding hydrogens is 304 g/mol. The third-order valence-corrected chi connectivity index (χ3v) is 3.58. The first-order valence-corrected chi connectivity index (χ1v) is 7.03. The maximum Gasteiger partial charge on any atom is 0.312 e. The summed E-state index contributed by atoms with van der Waals surface area (Å²) in [4.78, 5) is 13.6. The van der Waals surface area contributed by atoms with E-state index in [4.69, 9.17) is 9.88 Å². The number of nitro benzene ring substituents is 1. The van der Waals surface area contributed by atoms with E-state index in [1.54, 1.807) is 0 Å². The molecule has 0 aliphatic carbocycles. The largest absolute Gasteiger partial charge is 0.478 e. The lowest BCUT2D eigenvalue weighted by Gasteiger charge is -2.08. The van der Waals surface area contributed by atoms with Gasteiger partial charge in [0.15, 0.2) is 12.4 Å². The maximum atomic E-state index is 11.4. The Hall–Kier alpha value is -2.53. The van der Waals surface area contributed by atoms with Crippen molar-refractivity contribution in [3.05, 3.63) is 40.0 Å². The lowest BCUT2D eigenvalue weighted by molar-refractivity contribution is -0.386. The smallest absolute Gasteiger partial charge is 0.312 e. The van der Waals surface area contributed by atoms with Crippen molar-refractivity contribution in [3.63, 3.8) is 0 Å². The van der Waals surface area contributed by atoms with Crippen molar-refractivity contribution in [2.75, 3.05) is 0 Å². The minimum Gasteiger partial charge on any atom is -0.478 e. The standard InChI is InChI=1S/C10H10N4O6S/c1-6-2-8(19-4-10-12-5-20-13-10)7(14(15)16)3-9(6)21(11,17)18/h2-3,5H,4H2,1H3,(H2,11,17,18). The average Bonchev–Trinajstić information content (AvgIpc) is 2.87. The number of sulfonamides is 1. The molecule has 11 heteroatoms. The summed E-state index contributed by atoms with van der Waals surface area (Å²) in [6.07, 6.45) is 1.09. The van der Waals surface area contributed by atoms with E-state index in [1.165, 1.54) is 13.0 Å². The van der Waals surface area contributed by atoms with Crippen LogP contribution in [0.2, 0.25) is 0 Å². The van der Waals surface area contributed by atoms with Crippen LogP contribution in [0.25, 0.3) is 0 Å². The lowest BCUT2D eigenvalue weighted by Crippen LogP contribution is -2.14. The quantitative estimate of drug-likeness (QED) is 0.619. The molecule has 112 valence electrons. The topological polar surface area (TPSA) is 151 Å². The third kappa shape index (κ3) is 3.32. The van der Waals surface area contributed by atoms with Crippen molar-refractivity contribution in [1.29, 1.82) is 0 Å². The van der Waals surface area contributed by atoms with Crippen molar-refractivity contribution in [1.82, 2.24) is 10.1 Å². The number of nitrogens with zero attached hydrogens (tertiary/aromatic N) is 3. The van der Waals surface area contributed by atoms with E-state index in [9.17, 15) is 18.5 Å². The minimum atomic E-state index is -4.06. The van der Waals surface area contributed by atoms with Gasteiger partial charge in [-0.1, -0.05) is 5.16 Å². The fourth-order valence-corrected chi connectivity index (χ4v) is 2.40. The SMILES string of the molecule is Cc1cc(OCc2ncon2)c([N+](=O)[O-])cc1S(N)(=O)=O. The van der Waals surface area contributed by atoms with Gasteiger partial charge in [0, 0.05) is 6.07 Å². The van der Waals surface area contributed by atoms with E-state index in [0.29, 0.717) is 0 Å². The Labute approximate surface area is 118 Å². The summed E-state index contributed by atoms with van der Waals surface area (Å²) in [5.41, 5.74) is -0.292. The second-order valence-electron chi connectivity index (χ2n) is 4.02. The maximum absolute atomic E-state index is 11.4. The van der Waals surface area contributed by atoms with Gasteiger partial charge in [0.1, 0.15) is 0 Å². The summed E-state index contributed by atoms with van der Waals surface area (Å²) in [5, 5.41) is 19.5. The van der Waals surface area contributed by atoms with Crippen LogP contribution in [-0.4, -0.2) is 23.5 Å². The van der Waals surface area contributed by atoms with Crippen LogP contribution in [0.4, 0.5) is 5.69 Å². The minimum absolute atomic E-state index is 0.116. The van der Waals surface area contributed by atoms with Crippen LogP contribution in [0.1, 0.15) is 11.4 Å². The Morgan fingerprint density at radius 1 is 1.48 bits per heavy atom. The molecule has 0 saturated heterocycles. The van der Waals surface area contributed by atoms with Crippen LogP contribution < -0.4 is 9.88 Å². The molecule has 0 bridgehead atoms. The third-order valence-electron chi connectivity index (χ3n) is 2.52. The first-order valence-electron chi connectivity index (χ1n) is 5.49. The van der Waals surface area contributed by atoms with E-state index >= 15 is 0 Å². The molecule has 1 aromatic heterocycles. The highest BCUT2D eigenvalue weighted by Gasteiger charge is 2.23. The van der Waals surface area contributed by atoms with Gasteiger partial charge in [0.25, 0.3) is 0 Å². The molecule has 0 radical (unpaired) electrons. The molecule has 0 fully saturated rings. The first-order chi connectivity index (χ1) is 9.79. The highest BCUT2D eigenvalue weighted by atomic mass is 32.2. The lowest BCUT2D eigenvalue weighted by atomic mass is 10.2. The zero-order valence-electron chi connectivity index (χ0n) is 10.7. The van der Waals surface area contributed by atoms with Crippen molar-refractivity contribution in [2.45, 2.75) is 18.4 Å². The number of primary sulfonamides is 1. The number of nitrogens with two attached hydrogens (primary N) is 1. The van der Waals surface area contributed by atoms with E-state index in [1.807, 2.05) is 0 Å². The van der Waals surface area contributed by atoms with Gasteiger partial charge in [0.05, 0.1) is 9.82 Å². The summed E-state index contributed by atoms with van der Waals surface area (Å²) < 4.78 is 32.5. The fourth-order valence-electron chi connectivity index (χ4n) is 1.61. The van der Waals surface area contributed by atoms with Crippen molar-refractivity contribution in [2.24, 2.45) is 5.14 Å². The molecule has 10 nitrogen and oxygen atoms in total. The van der Waals surface area contributed by atoms with Gasteiger partial charge in [-0.25, -0.2) is 13.6 Å². The Morgan fingerprint density at radius 3 is 2.71 bits per heavy atom. The average molecular weight is 314 g/mol. The molecule has 0 atom stereocenters. The zero-order chi connectivity index (χ0) is 15.6. The van der Waals surface area contributed by atoms with E-state index in [0.717, 1.165) is 12.5 Å². The Morgan fingerprint density at radius 2 is 2.19 bits per heavy atom. The molecule has 0 unspecified atom stereocenters. The summed E-state index contributed by atoms with van der Waals surface area (Å²) in [7, 11) is -4.06. The van der Waals surface area contributed by atoms with Crippen molar-refractivity contribution in [3.8, 4) is 5.75 Å². The molecule has 0 aliphatic rings. The van der Waals surface area contributed by atoms with E-state index in [-0.39, 0.29) is 28.6 Å². The molecule has 0 amide bonds. The zero-order valence-corrected chi connectivity index (χ0v) is 11.5. The van der Waals surface area contributed by atoms with Gasteiger partial charge in [-0.15, -0.1) is 0 Å². The van der Waals surface area contributed by atoms with Gasteiger partial charge in [0.2, 0.25) is 22.2 Å². The fraction of sp³-hybridized carbons (Fsp3) is 0.200. The van der Waals surface area contributed by atoms with Gasteiger partial charge in [-0.3, -0.25) is 10.1 Å². The molecular formula is C10H10N4O6S. The number of aryl methyl sites for hydroxylation is 1.